The van der Waals surface area contributed by atoms with Gasteiger partial charge in [0.2, 0.25) is 11.8 Å². The minimum Gasteiger partial charge on any atom is -0.497 e. The van der Waals surface area contributed by atoms with Crippen LogP contribution in [0.4, 0.5) is 5.69 Å². The van der Waals surface area contributed by atoms with Crippen LogP contribution < -0.4 is 10.1 Å². The van der Waals surface area contributed by atoms with Crippen molar-refractivity contribution in [2.24, 2.45) is 0 Å². The van der Waals surface area contributed by atoms with Gasteiger partial charge in [0.15, 0.2) is 0 Å². The molecule has 3 aromatic rings. The van der Waals surface area contributed by atoms with Gasteiger partial charge in [-0.1, -0.05) is 60.7 Å². The number of methoxy groups -OCH3 is 1. The fourth-order valence-corrected chi connectivity index (χ4v) is 4.33. The number of carbonyl (C=O) groups is 2. The number of amides is 2. The Labute approximate surface area is 189 Å². The number of nitrogens with zero attached hydrogens (tertiary/aromatic N) is 1. The molecule has 164 valence electrons. The first kappa shape index (κ1) is 21.6. The quantitative estimate of drug-likeness (QED) is 0.585. The zero-order chi connectivity index (χ0) is 22.3. The summed E-state index contributed by atoms with van der Waals surface area (Å²) in [6.45, 7) is 0.607. The van der Waals surface area contributed by atoms with Crippen molar-refractivity contribution in [3.63, 3.8) is 0 Å². The lowest BCUT2D eigenvalue weighted by Crippen LogP contribution is -2.43. The fourth-order valence-electron chi connectivity index (χ4n) is 4.33. The molecule has 0 bridgehead atoms. The Morgan fingerprint density at radius 3 is 2.09 bits per heavy atom. The number of likely N-dealkylation sites (tertiary alicyclic amines) is 1. The largest absolute Gasteiger partial charge is 0.497 e. The van der Waals surface area contributed by atoms with Crippen LogP contribution >= 0.6 is 0 Å². The molecule has 1 heterocycles. The van der Waals surface area contributed by atoms with Gasteiger partial charge in [0, 0.05) is 24.6 Å². The van der Waals surface area contributed by atoms with Crippen molar-refractivity contribution in [2.45, 2.75) is 31.2 Å². The molecule has 0 aliphatic carbocycles. The van der Waals surface area contributed by atoms with Crippen molar-refractivity contribution in [3.05, 3.63) is 96.1 Å². The highest BCUT2D eigenvalue weighted by molar-refractivity contribution is 5.97. The highest BCUT2D eigenvalue weighted by Crippen LogP contribution is 2.30. The number of hydrogen-bond acceptors (Lipinski definition) is 3. The molecule has 0 spiro atoms. The van der Waals surface area contributed by atoms with Gasteiger partial charge in [-0.05, 0) is 48.2 Å². The molecule has 4 rings (SSSR count). The molecule has 1 N–H and O–H groups in total. The third-order valence-corrected chi connectivity index (χ3v) is 6.02. The molecule has 1 unspecified atom stereocenters. The van der Waals surface area contributed by atoms with Crippen LogP contribution in [0.3, 0.4) is 0 Å². The van der Waals surface area contributed by atoms with Crippen molar-refractivity contribution in [1.29, 1.82) is 0 Å². The van der Waals surface area contributed by atoms with E-state index in [4.69, 9.17) is 4.74 Å². The molecule has 3 aromatic carbocycles. The van der Waals surface area contributed by atoms with E-state index in [9.17, 15) is 9.59 Å². The molecular formula is C27H28N2O3. The first-order valence-corrected chi connectivity index (χ1v) is 11.0. The maximum absolute atomic E-state index is 13.4. The molecule has 1 fully saturated rings. The van der Waals surface area contributed by atoms with Crippen molar-refractivity contribution >= 4 is 17.5 Å². The third-order valence-electron chi connectivity index (χ3n) is 6.02. The number of rotatable bonds is 7. The Kier molecular flexibility index (Phi) is 6.85. The van der Waals surface area contributed by atoms with E-state index in [2.05, 4.69) is 29.6 Å². The summed E-state index contributed by atoms with van der Waals surface area (Å²) in [5.74, 6) is 0.552. The van der Waals surface area contributed by atoms with Crippen LogP contribution in [0.5, 0.6) is 5.75 Å². The molecule has 5 nitrogen and oxygen atoms in total. The topological polar surface area (TPSA) is 58.6 Å². The van der Waals surface area contributed by atoms with Crippen molar-refractivity contribution in [2.75, 3.05) is 19.0 Å². The minimum atomic E-state index is -0.447. The number of ether oxygens (including phenoxy) is 1. The summed E-state index contributed by atoms with van der Waals surface area (Å²) in [5, 5.41) is 2.95. The van der Waals surface area contributed by atoms with Crippen molar-refractivity contribution < 1.29 is 14.3 Å². The van der Waals surface area contributed by atoms with Crippen LogP contribution in [0.15, 0.2) is 84.9 Å². The predicted octanol–water partition coefficient (Wildman–Crippen LogP) is 4.85. The van der Waals surface area contributed by atoms with Crippen LogP contribution in [0, 0.1) is 0 Å². The minimum absolute atomic E-state index is 0.00934. The molecule has 1 atom stereocenters. The maximum Gasteiger partial charge on any atom is 0.247 e. The summed E-state index contributed by atoms with van der Waals surface area (Å²) >= 11 is 0. The van der Waals surface area contributed by atoms with E-state index >= 15 is 0 Å². The first-order chi connectivity index (χ1) is 15.7. The molecule has 32 heavy (non-hydrogen) atoms. The molecule has 2 amide bonds. The maximum atomic E-state index is 13.4. The van der Waals surface area contributed by atoms with E-state index in [1.165, 1.54) is 0 Å². The molecule has 1 aliphatic rings. The van der Waals surface area contributed by atoms with Gasteiger partial charge in [-0.3, -0.25) is 9.59 Å². The third kappa shape index (κ3) is 4.99. The molecular weight excluding hydrogens is 400 g/mol. The number of benzene rings is 3. The van der Waals surface area contributed by atoms with Gasteiger partial charge in [-0.2, -0.15) is 0 Å². The Balaban J connectivity index is 1.48. The van der Waals surface area contributed by atoms with Gasteiger partial charge in [0.05, 0.1) is 7.11 Å². The summed E-state index contributed by atoms with van der Waals surface area (Å²) in [6, 6.07) is 26.9. The van der Waals surface area contributed by atoms with Crippen molar-refractivity contribution in [1.82, 2.24) is 4.90 Å². The normalized spacial score (nSPS) is 15.6. The van der Waals surface area contributed by atoms with E-state index in [1.54, 1.807) is 36.3 Å². The average Bonchev–Trinajstić information content (AvgIpc) is 3.34. The highest BCUT2D eigenvalue weighted by atomic mass is 16.5. The first-order valence-electron chi connectivity index (χ1n) is 11.0. The van der Waals surface area contributed by atoms with Gasteiger partial charge < -0.3 is 15.0 Å². The van der Waals surface area contributed by atoms with Crippen molar-refractivity contribution in [3.8, 4) is 5.75 Å². The summed E-state index contributed by atoms with van der Waals surface area (Å²) in [4.78, 5) is 28.1. The number of nitrogens with one attached hydrogen (secondary N) is 1. The second-order valence-corrected chi connectivity index (χ2v) is 8.04. The van der Waals surface area contributed by atoms with Crippen LogP contribution in [0.1, 0.15) is 36.3 Å². The lowest BCUT2D eigenvalue weighted by atomic mass is 9.88. The van der Waals surface area contributed by atoms with E-state index in [0.717, 1.165) is 23.3 Å². The Bertz CT molecular complexity index is 996. The summed E-state index contributed by atoms with van der Waals surface area (Å²) in [7, 11) is 1.60. The zero-order valence-electron chi connectivity index (χ0n) is 18.2. The zero-order valence-corrected chi connectivity index (χ0v) is 18.2. The summed E-state index contributed by atoms with van der Waals surface area (Å²) < 4.78 is 5.17. The molecule has 0 saturated carbocycles. The van der Waals surface area contributed by atoms with Gasteiger partial charge in [0.25, 0.3) is 0 Å². The number of anilines is 1. The lowest BCUT2D eigenvalue weighted by Gasteiger charge is -2.27. The second kappa shape index (κ2) is 10.1. The highest BCUT2D eigenvalue weighted by Gasteiger charge is 2.35. The Hall–Kier alpha value is -3.60. The lowest BCUT2D eigenvalue weighted by molar-refractivity contribution is -0.136. The standard InChI is InChI=1S/C27H28N2O3/c1-32-23-16-14-22(15-17-23)28-27(31)25-13-8-18-29(25)26(30)19-24(20-9-4-2-5-10-20)21-11-6-3-7-12-21/h2-7,9-12,14-17,24-25H,8,13,18-19H2,1H3,(H,28,31). The van der Waals surface area contributed by atoms with E-state index in [-0.39, 0.29) is 17.7 Å². The predicted molar refractivity (Wildman–Crippen MR) is 126 cm³/mol. The monoisotopic (exact) mass is 428 g/mol. The van der Waals surface area contributed by atoms with Crippen LogP contribution in [0.2, 0.25) is 0 Å². The fraction of sp³-hybridized carbons (Fsp3) is 0.259. The Morgan fingerprint density at radius 2 is 1.53 bits per heavy atom. The van der Waals surface area contributed by atoms with Gasteiger partial charge in [-0.15, -0.1) is 0 Å². The van der Waals surface area contributed by atoms with Crippen LogP contribution in [-0.2, 0) is 9.59 Å². The molecule has 0 radical (unpaired) electrons. The van der Waals surface area contributed by atoms with Crippen LogP contribution in [0.25, 0.3) is 0 Å². The smallest absolute Gasteiger partial charge is 0.247 e. The molecule has 0 aromatic heterocycles. The Morgan fingerprint density at radius 1 is 0.938 bits per heavy atom. The van der Waals surface area contributed by atoms with Crippen LogP contribution in [-0.4, -0.2) is 36.4 Å². The van der Waals surface area contributed by atoms with Gasteiger partial charge in [0.1, 0.15) is 11.8 Å². The number of hydrogen-bond donors (Lipinski definition) is 1. The van der Waals surface area contributed by atoms with Gasteiger partial charge in [-0.25, -0.2) is 0 Å². The molecule has 5 heteroatoms. The van der Waals surface area contributed by atoms with E-state index in [1.807, 2.05) is 36.4 Å². The summed E-state index contributed by atoms with van der Waals surface area (Å²) in [6.07, 6.45) is 1.84. The molecule has 1 aliphatic heterocycles. The second-order valence-electron chi connectivity index (χ2n) is 8.04. The summed E-state index contributed by atoms with van der Waals surface area (Å²) in [5.41, 5.74) is 2.90. The molecule has 1 saturated heterocycles. The van der Waals surface area contributed by atoms with E-state index in [0.29, 0.717) is 25.1 Å². The average molecular weight is 429 g/mol. The van der Waals surface area contributed by atoms with Gasteiger partial charge >= 0.3 is 0 Å². The SMILES string of the molecule is COc1ccc(NC(=O)C2CCCN2C(=O)CC(c2ccccc2)c2ccccc2)cc1. The van der Waals surface area contributed by atoms with E-state index < -0.39 is 6.04 Å². The number of carbonyl (C=O) groups excluding carboxylic acids is 2.